The number of hydrogen-bond acceptors (Lipinski definition) is 2. The van der Waals surface area contributed by atoms with Gasteiger partial charge in [-0.15, -0.1) is 12.6 Å². The quantitative estimate of drug-likeness (QED) is 0.427. The van der Waals surface area contributed by atoms with Crippen LogP contribution >= 0.6 is 51.1 Å². The molecule has 0 saturated heterocycles. The second-order valence-electron chi connectivity index (χ2n) is 1.83. The van der Waals surface area contributed by atoms with E-state index < -0.39 is 0 Å². The van der Waals surface area contributed by atoms with Gasteiger partial charge < -0.3 is 5.73 Å². The Hall–Kier alpha value is 0.580. The van der Waals surface area contributed by atoms with Crippen LogP contribution in [-0.4, -0.2) is 0 Å². The Morgan fingerprint density at radius 2 is 2.10 bits per heavy atom. The van der Waals surface area contributed by atoms with E-state index in [0.29, 0.717) is 5.69 Å². The molecule has 0 radical (unpaired) electrons. The average molecular weight is 330 g/mol. The Morgan fingerprint density at radius 1 is 1.50 bits per heavy atom. The molecule has 0 aliphatic carbocycles. The molecule has 10 heavy (non-hydrogen) atoms. The third-order valence-corrected chi connectivity index (χ3v) is 3.75. The fraction of sp³-hybridized carbons (Fsp3) is 0. The van der Waals surface area contributed by atoms with Crippen molar-refractivity contribution in [3.63, 3.8) is 0 Å². The number of thiol groups is 1. The van der Waals surface area contributed by atoms with Crippen LogP contribution in [0.15, 0.2) is 21.5 Å². The van der Waals surface area contributed by atoms with Crippen molar-refractivity contribution < 1.29 is 0 Å². The molecule has 2 N–H and O–H groups in total. The van der Waals surface area contributed by atoms with Gasteiger partial charge in [0.25, 0.3) is 0 Å². The topological polar surface area (TPSA) is 26.0 Å². The summed E-state index contributed by atoms with van der Waals surface area (Å²) in [5.41, 5.74) is 6.28. The molecule has 1 rings (SSSR count). The summed E-state index contributed by atoms with van der Waals surface area (Å²) < 4.78 is 2.14. The number of anilines is 1. The maximum Gasteiger partial charge on any atom is 0.0461 e. The lowest BCUT2D eigenvalue weighted by molar-refractivity contribution is 1.42. The zero-order valence-corrected chi connectivity index (χ0v) is 9.57. The lowest BCUT2D eigenvalue weighted by Gasteiger charge is -2.00. The number of halogens is 2. The monoisotopic (exact) mass is 329 g/mol. The zero-order valence-electron chi connectivity index (χ0n) is 4.94. The molecule has 0 bridgehead atoms. The number of nitrogen functional groups attached to an aromatic ring is 1. The molecule has 0 aromatic heterocycles. The first-order valence-corrected chi connectivity index (χ1v) is 4.86. The molecule has 1 nitrogen and oxygen atoms in total. The highest BCUT2D eigenvalue weighted by Crippen LogP contribution is 2.26. The maximum atomic E-state index is 5.58. The first-order chi connectivity index (χ1) is 4.61. The molecule has 1 aromatic rings. The molecular formula is C6H5BrINS. The van der Waals surface area contributed by atoms with Crippen molar-refractivity contribution in [1.29, 1.82) is 0 Å². The molecule has 0 spiro atoms. The van der Waals surface area contributed by atoms with E-state index in [0.717, 1.165) is 12.9 Å². The second kappa shape index (κ2) is 3.32. The highest BCUT2D eigenvalue weighted by atomic mass is 127. The third kappa shape index (κ3) is 1.79. The molecule has 54 valence electrons. The predicted molar refractivity (Wildman–Crippen MR) is 58.5 cm³/mol. The summed E-state index contributed by atoms with van der Waals surface area (Å²) in [6.45, 7) is 0. The summed E-state index contributed by atoms with van der Waals surface area (Å²) in [7, 11) is 0. The van der Waals surface area contributed by atoms with Crippen LogP contribution in [0, 0.1) is 3.57 Å². The fourth-order valence-corrected chi connectivity index (χ4v) is 1.82. The first-order valence-electron chi connectivity index (χ1n) is 2.54. The summed E-state index contributed by atoms with van der Waals surface area (Å²) in [5.74, 6) is 0. The zero-order chi connectivity index (χ0) is 7.72. The predicted octanol–water partition coefficient (Wildman–Crippen LogP) is 2.92. The van der Waals surface area contributed by atoms with Crippen molar-refractivity contribution >= 4 is 56.8 Å². The molecule has 0 heterocycles. The molecule has 0 atom stereocenters. The van der Waals surface area contributed by atoms with Gasteiger partial charge in [0.1, 0.15) is 0 Å². The maximum absolute atomic E-state index is 5.58. The molecule has 0 amide bonds. The van der Waals surface area contributed by atoms with E-state index in [1.807, 2.05) is 12.1 Å². The Balaban J connectivity index is 3.28. The van der Waals surface area contributed by atoms with E-state index in [2.05, 4.69) is 51.1 Å². The van der Waals surface area contributed by atoms with Crippen LogP contribution in [0.2, 0.25) is 0 Å². The lowest BCUT2D eigenvalue weighted by Crippen LogP contribution is -1.87. The molecule has 0 fully saturated rings. The summed E-state index contributed by atoms with van der Waals surface area (Å²) in [4.78, 5) is 0.826. The molecule has 0 saturated carbocycles. The van der Waals surface area contributed by atoms with Crippen LogP contribution in [0.3, 0.4) is 0 Å². The standard InChI is InChI=1S/C6H5BrINS/c7-3-1-5(9)6(10)2-4(3)8/h1-2,10H,9H2. The van der Waals surface area contributed by atoms with Crippen LogP contribution < -0.4 is 5.73 Å². The molecular weight excluding hydrogens is 325 g/mol. The van der Waals surface area contributed by atoms with Crippen LogP contribution in [-0.2, 0) is 0 Å². The van der Waals surface area contributed by atoms with Crippen molar-refractivity contribution in [1.82, 2.24) is 0 Å². The van der Waals surface area contributed by atoms with E-state index >= 15 is 0 Å². The molecule has 0 aliphatic heterocycles. The van der Waals surface area contributed by atoms with Crippen molar-refractivity contribution in [3.05, 3.63) is 20.2 Å². The van der Waals surface area contributed by atoms with Gasteiger partial charge in [-0.25, -0.2) is 0 Å². The Kier molecular flexibility index (Phi) is 2.88. The molecule has 0 unspecified atom stereocenters. The largest absolute Gasteiger partial charge is 0.398 e. The Labute approximate surface area is 87.1 Å². The third-order valence-electron chi connectivity index (χ3n) is 1.07. The van der Waals surface area contributed by atoms with Gasteiger partial charge >= 0.3 is 0 Å². The van der Waals surface area contributed by atoms with Gasteiger partial charge in [0.2, 0.25) is 0 Å². The number of benzene rings is 1. The normalized spacial score (nSPS) is 9.90. The second-order valence-corrected chi connectivity index (χ2v) is 4.32. The van der Waals surface area contributed by atoms with Crippen LogP contribution in [0.5, 0.6) is 0 Å². The number of hydrogen-bond donors (Lipinski definition) is 2. The fourth-order valence-electron chi connectivity index (χ4n) is 0.552. The number of nitrogens with two attached hydrogens (primary N) is 1. The van der Waals surface area contributed by atoms with Gasteiger partial charge in [0.05, 0.1) is 0 Å². The summed E-state index contributed by atoms with van der Waals surface area (Å²) in [5, 5.41) is 0. The van der Waals surface area contributed by atoms with E-state index in [9.17, 15) is 0 Å². The van der Waals surface area contributed by atoms with Gasteiger partial charge in [-0.1, -0.05) is 0 Å². The van der Waals surface area contributed by atoms with Gasteiger partial charge in [-0.3, -0.25) is 0 Å². The van der Waals surface area contributed by atoms with Crippen molar-refractivity contribution in [2.24, 2.45) is 0 Å². The van der Waals surface area contributed by atoms with Crippen molar-refractivity contribution in [2.75, 3.05) is 5.73 Å². The smallest absolute Gasteiger partial charge is 0.0461 e. The average Bonchev–Trinajstić information content (AvgIpc) is 1.84. The minimum Gasteiger partial charge on any atom is -0.398 e. The first kappa shape index (κ1) is 8.67. The van der Waals surface area contributed by atoms with E-state index in [-0.39, 0.29) is 0 Å². The summed E-state index contributed by atoms with van der Waals surface area (Å²) in [6.07, 6.45) is 0. The van der Waals surface area contributed by atoms with E-state index in [1.54, 1.807) is 0 Å². The molecule has 1 aromatic carbocycles. The lowest BCUT2D eigenvalue weighted by atomic mass is 10.3. The van der Waals surface area contributed by atoms with E-state index in [4.69, 9.17) is 5.73 Å². The minimum absolute atomic E-state index is 0.704. The Morgan fingerprint density at radius 3 is 2.60 bits per heavy atom. The molecule has 4 heteroatoms. The van der Waals surface area contributed by atoms with Gasteiger partial charge in [-0.05, 0) is 50.7 Å². The van der Waals surface area contributed by atoms with Crippen LogP contribution in [0.25, 0.3) is 0 Å². The van der Waals surface area contributed by atoms with E-state index in [1.165, 1.54) is 0 Å². The van der Waals surface area contributed by atoms with Crippen molar-refractivity contribution in [3.8, 4) is 0 Å². The van der Waals surface area contributed by atoms with Crippen molar-refractivity contribution in [2.45, 2.75) is 4.90 Å². The van der Waals surface area contributed by atoms with Crippen LogP contribution in [0.4, 0.5) is 5.69 Å². The highest BCUT2D eigenvalue weighted by Gasteiger charge is 1.99. The van der Waals surface area contributed by atoms with Gasteiger partial charge in [0, 0.05) is 18.6 Å². The minimum atomic E-state index is 0.704. The van der Waals surface area contributed by atoms with Crippen LogP contribution in [0.1, 0.15) is 0 Å². The highest BCUT2D eigenvalue weighted by molar-refractivity contribution is 14.1. The van der Waals surface area contributed by atoms with Gasteiger partial charge in [0.15, 0.2) is 0 Å². The SMILES string of the molecule is Nc1cc(Br)c(I)cc1S. The molecule has 0 aliphatic rings. The number of rotatable bonds is 0. The summed E-state index contributed by atoms with van der Waals surface area (Å²) >= 11 is 9.74. The van der Waals surface area contributed by atoms with Gasteiger partial charge in [-0.2, -0.15) is 0 Å². The summed E-state index contributed by atoms with van der Waals surface area (Å²) in [6, 6.07) is 3.77. The Bertz CT molecular complexity index is 214.